The Morgan fingerprint density at radius 1 is 0.944 bits per heavy atom. The molecule has 0 saturated heterocycles. The largest absolute Gasteiger partial charge is 0.205 e. The van der Waals surface area contributed by atoms with Gasteiger partial charge in [0.25, 0.3) is 0 Å². The fourth-order valence-electron chi connectivity index (χ4n) is 2.66. The van der Waals surface area contributed by atoms with Gasteiger partial charge in [0.1, 0.15) is 7.05 Å². The van der Waals surface area contributed by atoms with Crippen LogP contribution < -0.4 is 4.57 Å². The quantitative estimate of drug-likeness (QED) is 0.448. The molecule has 0 atom stereocenters. The Morgan fingerprint density at radius 3 is 2.39 bits per heavy atom. The minimum absolute atomic E-state index is 1.06. The first-order chi connectivity index (χ1) is 8.69. The van der Waals surface area contributed by atoms with Crippen LogP contribution in [0.3, 0.4) is 0 Å². The lowest BCUT2D eigenvalue weighted by Gasteiger charge is -2.06. The number of aryl methyl sites for hydroxylation is 3. The fourth-order valence-corrected chi connectivity index (χ4v) is 2.66. The van der Waals surface area contributed by atoms with Gasteiger partial charge in [0.05, 0.1) is 0 Å². The van der Waals surface area contributed by atoms with Crippen molar-refractivity contribution in [1.29, 1.82) is 0 Å². The number of rotatable bonds is 1. The van der Waals surface area contributed by atoms with Crippen LogP contribution in [0, 0.1) is 6.92 Å². The molecule has 0 saturated carbocycles. The average molecular weight is 236 g/mol. The van der Waals surface area contributed by atoms with E-state index in [1.165, 1.54) is 32.8 Å². The lowest BCUT2D eigenvalue weighted by Crippen LogP contribution is -2.32. The molecule has 3 rings (SSSR count). The van der Waals surface area contributed by atoms with Gasteiger partial charge >= 0.3 is 0 Å². The van der Waals surface area contributed by atoms with Crippen molar-refractivity contribution >= 4 is 21.5 Å². The van der Waals surface area contributed by atoms with Crippen LogP contribution >= 0.6 is 0 Å². The molecule has 1 heterocycles. The molecule has 0 aliphatic heterocycles. The summed E-state index contributed by atoms with van der Waals surface area (Å²) in [7, 11) is 2.12. The van der Waals surface area contributed by atoms with Gasteiger partial charge in [-0.2, -0.15) is 0 Å². The third kappa shape index (κ3) is 1.67. The van der Waals surface area contributed by atoms with E-state index in [0.29, 0.717) is 0 Å². The minimum Gasteiger partial charge on any atom is -0.205 e. The van der Waals surface area contributed by atoms with Crippen LogP contribution in [0.15, 0.2) is 42.6 Å². The highest BCUT2D eigenvalue weighted by atomic mass is 14.9. The topological polar surface area (TPSA) is 3.88 Å². The monoisotopic (exact) mass is 236 g/mol. The summed E-state index contributed by atoms with van der Waals surface area (Å²) in [5.41, 5.74) is 2.69. The Labute approximate surface area is 108 Å². The molecule has 0 amide bonds. The number of hydrogen-bond donors (Lipinski definition) is 0. The zero-order valence-corrected chi connectivity index (χ0v) is 11.2. The smallest absolute Gasteiger partial charge is 0.181 e. The zero-order chi connectivity index (χ0) is 12.7. The number of hydrogen-bond acceptors (Lipinski definition) is 0. The van der Waals surface area contributed by atoms with Crippen LogP contribution in [-0.2, 0) is 13.5 Å². The van der Waals surface area contributed by atoms with E-state index >= 15 is 0 Å². The van der Waals surface area contributed by atoms with Gasteiger partial charge in [-0.25, -0.2) is 4.57 Å². The van der Waals surface area contributed by atoms with Crippen LogP contribution in [0.2, 0.25) is 0 Å². The van der Waals surface area contributed by atoms with E-state index in [2.05, 4.69) is 68.1 Å². The van der Waals surface area contributed by atoms with Gasteiger partial charge in [0.2, 0.25) is 0 Å². The van der Waals surface area contributed by atoms with E-state index in [0.717, 1.165) is 6.42 Å². The van der Waals surface area contributed by atoms with Crippen molar-refractivity contribution in [3.63, 3.8) is 0 Å². The predicted octanol–water partition coefficient (Wildman–Crippen LogP) is 3.69. The highest BCUT2D eigenvalue weighted by Gasteiger charge is 2.09. The average Bonchev–Trinajstić information content (AvgIpc) is 2.37. The van der Waals surface area contributed by atoms with Crippen LogP contribution in [-0.4, -0.2) is 0 Å². The van der Waals surface area contributed by atoms with Crippen LogP contribution in [0.4, 0.5) is 0 Å². The lowest BCUT2D eigenvalue weighted by molar-refractivity contribution is -0.677. The molecule has 3 aromatic rings. The lowest BCUT2D eigenvalue weighted by atomic mass is 10.0. The van der Waals surface area contributed by atoms with Crippen molar-refractivity contribution in [3.05, 3.63) is 53.9 Å². The summed E-state index contributed by atoms with van der Waals surface area (Å²) in [5, 5.41) is 5.37. The van der Waals surface area contributed by atoms with Gasteiger partial charge in [-0.3, -0.25) is 0 Å². The van der Waals surface area contributed by atoms with Crippen molar-refractivity contribution in [2.75, 3.05) is 0 Å². The first-order valence-electron chi connectivity index (χ1n) is 6.50. The summed E-state index contributed by atoms with van der Waals surface area (Å²) in [6, 6.07) is 13.4. The fraction of sp³-hybridized carbons (Fsp3) is 0.235. The molecule has 0 spiro atoms. The first-order valence-corrected chi connectivity index (χ1v) is 6.50. The minimum atomic E-state index is 1.06. The number of benzene rings is 2. The predicted molar refractivity (Wildman–Crippen MR) is 76.7 cm³/mol. The van der Waals surface area contributed by atoms with Crippen molar-refractivity contribution in [2.45, 2.75) is 20.3 Å². The molecule has 2 aromatic carbocycles. The molecule has 0 aliphatic carbocycles. The van der Waals surface area contributed by atoms with Gasteiger partial charge in [0, 0.05) is 23.3 Å². The maximum atomic E-state index is 2.33. The van der Waals surface area contributed by atoms with Gasteiger partial charge in [0.15, 0.2) is 11.9 Å². The molecule has 1 heteroatoms. The summed E-state index contributed by atoms with van der Waals surface area (Å²) in [6.07, 6.45) is 3.30. The maximum absolute atomic E-state index is 2.33. The molecule has 1 nitrogen and oxygen atoms in total. The summed E-state index contributed by atoms with van der Waals surface area (Å²) in [6.45, 7) is 4.36. The second kappa shape index (κ2) is 4.09. The highest BCUT2D eigenvalue weighted by Crippen LogP contribution is 2.26. The van der Waals surface area contributed by atoms with E-state index in [4.69, 9.17) is 0 Å². The van der Waals surface area contributed by atoms with Gasteiger partial charge < -0.3 is 0 Å². The van der Waals surface area contributed by atoms with Crippen molar-refractivity contribution in [3.8, 4) is 0 Å². The van der Waals surface area contributed by atoms with Crippen molar-refractivity contribution in [1.82, 2.24) is 0 Å². The Bertz CT molecular complexity index is 741. The molecule has 1 aromatic heterocycles. The Kier molecular flexibility index (Phi) is 2.55. The van der Waals surface area contributed by atoms with Crippen LogP contribution in [0.1, 0.15) is 18.2 Å². The zero-order valence-electron chi connectivity index (χ0n) is 11.2. The molecule has 0 bridgehead atoms. The Hall–Kier alpha value is -1.89. The summed E-state index contributed by atoms with van der Waals surface area (Å²) in [4.78, 5) is 0. The van der Waals surface area contributed by atoms with E-state index in [1.807, 2.05) is 0 Å². The third-order valence-electron chi connectivity index (χ3n) is 3.71. The molecule has 0 fully saturated rings. The Balaban J connectivity index is 2.48. The third-order valence-corrected chi connectivity index (χ3v) is 3.71. The van der Waals surface area contributed by atoms with E-state index in [9.17, 15) is 0 Å². The summed E-state index contributed by atoms with van der Waals surface area (Å²) in [5.74, 6) is 0. The molecular formula is C17H18N+. The molecule has 18 heavy (non-hydrogen) atoms. The van der Waals surface area contributed by atoms with Gasteiger partial charge in [-0.1, -0.05) is 36.8 Å². The summed E-state index contributed by atoms with van der Waals surface area (Å²) >= 11 is 0. The second-order valence-electron chi connectivity index (χ2n) is 5.02. The van der Waals surface area contributed by atoms with E-state index < -0.39 is 0 Å². The SMILES string of the molecule is CCc1cc2c(ccc3ccc(C)cc32)c[n+]1C. The molecule has 0 unspecified atom stereocenters. The van der Waals surface area contributed by atoms with E-state index in [1.54, 1.807) is 0 Å². The van der Waals surface area contributed by atoms with Crippen molar-refractivity contribution < 1.29 is 4.57 Å². The second-order valence-corrected chi connectivity index (χ2v) is 5.02. The molecule has 0 aliphatic rings. The first kappa shape index (κ1) is 11.2. The van der Waals surface area contributed by atoms with E-state index in [-0.39, 0.29) is 0 Å². The standard InChI is InChI=1S/C17H18N/c1-4-15-10-17-14(11-18(15)3)8-7-13-6-5-12(2)9-16(13)17/h5-11H,4H2,1-3H3/q+1. The van der Waals surface area contributed by atoms with Crippen LogP contribution in [0.5, 0.6) is 0 Å². The number of pyridine rings is 1. The number of fused-ring (bicyclic) bond motifs is 3. The highest BCUT2D eigenvalue weighted by molar-refractivity contribution is 6.07. The van der Waals surface area contributed by atoms with Gasteiger partial charge in [-0.05, 0) is 23.8 Å². The number of aromatic nitrogens is 1. The normalized spacial score (nSPS) is 11.3. The maximum Gasteiger partial charge on any atom is 0.181 e. The molecule has 90 valence electrons. The molecular weight excluding hydrogens is 218 g/mol. The number of nitrogens with zero attached hydrogens (tertiary/aromatic N) is 1. The Morgan fingerprint density at radius 2 is 1.61 bits per heavy atom. The molecule has 0 radical (unpaired) electrons. The molecule has 0 N–H and O–H groups in total. The van der Waals surface area contributed by atoms with Crippen molar-refractivity contribution in [2.24, 2.45) is 7.05 Å². The van der Waals surface area contributed by atoms with Crippen LogP contribution in [0.25, 0.3) is 21.5 Å². The summed E-state index contributed by atoms with van der Waals surface area (Å²) < 4.78 is 2.23. The van der Waals surface area contributed by atoms with Gasteiger partial charge in [-0.15, -0.1) is 0 Å².